The van der Waals surface area contributed by atoms with Gasteiger partial charge in [-0.3, -0.25) is 9.59 Å². The third-order valence-corrected chi connectivity index (χ3v) is 7.39. The highest BCUT2D eigenvalue weighted by Crippen LogP contribution is 2.31. The summed E-state index contributed by atoms with van der Waals surface area (Å²) >= 11 is 0. The number of nitrogens with zero attached hydrogens (tertiary/aromatic N) is 4. The number of rotatable bonds is 4. The molecule has 1 saturated carbocycles. The summed E-state index contributed by atoms with van der Waals surface area (Å²) in [5, 5.41) is 4.01. The first-order valence-electron chi connectivity index (χ1n) is 12.7. The second kappa shape index (κ2) is 9.68. The predicted molar refractivity (Wildman–Crippen MR) is 138 cm³/mol. The highest BCUT2D eigenvalue weighted by molar-refractivity contribution is 5.98. The molecule has 2 atom stereocenters. The number of fused-ring (bicyclic) bond motifs is 1. The van der Waals surface area contributed by atoms with Crippen molar-refractivity contribution in [3.05, 3.63) is 36.7 Å². The molecule has 5 rings (SSSR count). The molecule has 184 valence electrons. The van der Waals surface area contributed by atoms with E-state index in [4.69, 9.17) is 4.98 Å². The van der Waals surface area contributed by atoms with Gasteiger partial charge in [0.1, 0.15) is 11.5 Å². The number of H-pyrrole nitrogens is 1. The lowest BCUT2D eigenvalue weighted by molar-refractivity contribution is -0.133. The van der Waals surface area contributed by atoms with Crippen molar-refractivity contribution in [1.29, 1.82) is 0 Å². The monoisotopic (exact) mass is 474 g/mol. The van der Waals surface area contributed by atoms with Crippen molar-refractivity contribution in [2.45, 2.75) is 65.0 Å². The molecule has 8 heteroatoms. The number of anilines is 2. The number of hydrogen-bond donors (Lipinski definition) is 2. The number of nitrogens with one attached hydrogen (secondary N) is 2. The summed E-state index contributed by atoms with van der Waals surface area (Å²) in [7, 11) is 0. The first kappa shape index (κ1) is 23.3. The first-order chi connectivity index (χ1) is 16.9. The lowest BCUT2D eigenvalue weighted by Crippen LogP contribution is -2.58. The fraction of sp³-hybridized carbons (Fsp3) is 0.481. The van der Waals surface area contributed by atoms with Gasteiger partial charge in [0.15, 0.2) is 0 Å². The fourth-order valence-corrected chi connectivity index (χ4v) is 5.77. The molecule has 2 amide bonds. The Bertz CT molecular complexity index is 1220. The van der Waals surface area contributed by atoms with Crippen LogP contribution in [-0.2, 0) is 9.59 Å². The van der Waals surface area contributed by atoms with Gasteiger partial charge in [-0.25, -0.2) is 9.97 Å². The van der Waals surface area contributed by atoms with Gasteiger partial charge < -0.3 is 20.1 Å². The molecule has 8 nitrogen and oxygen atoms in total. The predicted octanol–water partition coefficient (Wildman–Crippen LogP) is 4.59. The summed E-state index contributed by atoms with van der Waals surface area (Å²) in [6.07, 6.45) is 9.04. The normalized spacial score (nSPS) is 21.3. The Balaban J connectivity index is 1.39. The smallest absolute Gasteiger partial charge is 0.227 e. The fourth-order valence-electron chi connectivity index (χ4n) is 5.77. The molecule has 0 radical (unpaired) electrons. The summed E-state index contributed by atoms with van der Waals surface area (Å²) < 4.78 is 0. The summed E-state index contributed by atoms with van der Waals surface area (Å²) in [4.78, 5) is 41.7. The average molecular weight is 475 g/mol. The summed E-state index contributed by atoms with van der Waals surface area (Å²) in [6.45, 7) is 7.30. The number of aromatic nitrogens is 3. The highest BCUT2D eigenvalue weighted by atomic mass is 16.2. The second-order valence-electron chi connectivity index (χ2n) is 10.1. The highest BCUT2D eigenvalue weighted by Gasteiger charge is 2.31. The molecular formula is C27H34N6O2. The Morgan fingerprint density at radius 3 is 2.54 bits per heavy atom. The SMILES string of the molecule is CC(=O)N1[C@H](C)CN(c2cccc(-c3c[nH]c4ncc(NC(=O)C5CCCCC5)cc34)n2)C[C@@H]1C. The minimum atomic E-state index is 0.0935. The van der Waals surface area contributed by atoms with E-state index in [1.54, 1.807) is 13.1 Å². The number of carbonyl (C=O) groups excluding carboxylic acids is 2. The van der Waals surface area contributed by atoms with Gasteiger partial charge >= 0.3 is 0 Å². The molecule has 3 aromatic heterocycles. The summed E-state index contributed by atoms with van der Waals surface area (Å²) in [6, 6.07) is 8.26. The molecule has 2 fully saturated rings. The zero-order valence-electron chi connectivity index (χ0n) is 20.8. The van der Waals surface area contributed by atoms with Crippen LogP contribution in [0.1, 0.15) is 52.9 Å². The number of amides is 2. The van der Waals surface area contributed by atoms with Crippen LogP contribution in [0.25, 0.3) is 22.3 Å². The van der Waals surface area contributed by atoms with Gasteiger partial charge in [0, 0.05) is 55.2 Å². The van der Waals surface area contributed by atoms with E-state index in [1.165, 1.54) is 6.42 Å². The van der Waals surface area contributed by atoms with E-state index >= 15 is 0 Å². The molecule has 4 heterocycles. The van der Waals surface area contributed by atoms with Crippen LogP contribution in [0.2, 0.25) is 0 Å². The van der Waals surface area contributed by atoms with E-state index < -0.39 is 0 Å². The molecule has 0 aromatic carbocycles. The lowest BCUT2D eigenvalue weighted by Gasteiger charge is -2.44. The Labute approximate surface area is 206 Å². The number of aromatic amines is 1. The maximum absolute atomic E-state index is 12.7. The van der Waals surface area contributed by atoms with Crippen LogP contribution in [0.15, 0.2) is 36.7 Å². The van der Waals surface area contributed by atoms with Crippen molar-refractivity contribution in [2.24, 2.45) is 5.92 Å². The molecule has 1 saturated heterocycles. The van der Waals surface area contributed by atoms with Gasteiger partial charge in [-0.05, 0) is 44.9 Å². The largest absolute Gasteiger partial charge is 0.352 e. The molecule has 0 unspecified atom stereocenters. The third-order valence-electron chi connectivity index (χ3n) is 7.39. The molecule has 35 heavy (non-hydrogen) atoms. The van der Waals surface area contributed by atoms with Crippen LogP contribution in [0.3, 0.4) is 0 Å². The lowest BCUT2D eigenvalue weighted by atomic mass is 9.88. The van der Waals surface area contributed by atoms with Gasteiger partial charge in [-0.15, -0.1) is 0 Å². The zero-order chi connectivity index (χ0) is 24.5. The van der Waals surface area contributed by atoms with E-state index in [2.05, 4.69) is 34.0 Å². The molecule has 0 bridgehead atoms. The van der Waals surface area contributed by atoms with E-state index in [0.29, 0.717) is 5.69 Å². The van der Waals surface area contributed by atoms with Crippen LogP contribution in [0, 0.1) is 5.92 Å². The average Bonchev–Trinajstić information content (AvgIpc) is 3.27. The summed E-state index contributed by atoms with van der Waals surface area (Å²) in [5.41, 5.74) is 3.28. The van der Waals surface area contributed by atoms with Crippen LogP contribution in [0.4, 0.5) is 11.5 Å². The first-order valence-corrected chi connectivity index (χ1v) is 12.7. The van der Waals surface area contributed by atoms with Crippen LogP contribution >= 0.6 is 0 Å². The maximum atomic E-state index is 12.7. The summed E-state index contributed by atoms with van der Waals surface area (Å²) in [5.74, 6) is 1.20. The van der Waals surface area contributed by atoms with E-state index in [1.807, 2.05) is 35.4 Å². The number of piperazine rings is 1. The van der Waals surface area contributed by atoms with E-state index in [-0.39, 0.29) is 29.8 Å². The van der Waals surface area contributed by atoms with Gasteiger partial charge in [-0.2, -0.15) is 0 Å². The Morgan fingerprint density at radius 1 is 1.09 bits per heavy atom. The van der Waals surface area contributed by atoms with Crippen molar-refractivity contribution in [1.82, 2.24) is 19.9 Å². The Kier molecular flexibility index (Phi) is 6.45. The third kappa shape index (κ3) is 4.74. The van der Waals surface area contributed by atoms with Crippen molar-refractivity contribution >= 4 is 34.4 Å². The standard InChI is InChI=1S/C27H34N6O2/c1-17-15-32(16-18(2)33(17)19(3)34)25-11-7-10-24(31-25)23-14-29-26-22(23)12-21(13-28-26)30-27(35)20-8-5-4-6-9-20/h7,10-14,17-18,20H,4-6,8-9,15-16H2,1-3H3,(H,28,29)(H,30,35)/t17-,18+. The number of hydrogen-bond acceptors (Lipinski definition) is 5. The molecule has 2 aliphatic rings. The Hall–Kier alpha value is -3.42. The molecule has 0 spiro atoms. The van der Waals surface area contributed by atoms with Crippen LogP contribution in [0.5, 0.6) is 0 Å². The van der Waals surface area contributed by atoms with Crippen LogP contribution < -0.4 is 10.2 Å². The van der Waals surface area contributed by atoms with Gasteiger partial charge in [0.25, 0.3) is 0 Å². The molecular weight excluding hydrogens is 440 g/mol. The maximum Gasteiger partial charge on any atom is 0.227 e. The number of pyridine rings is 2. The molecule has 1 aliphatic heterocycles. The van der Waals surface area contributed by atoms with Crippen molar-refractivity contribution < 1.29 is 9.59 Å². The number of carbonyl (C=O) groups is 2. The van der Waals surface area contributed by atoms with Crippen molar-refractivity contribution in [2.75, 3.05) is 23.3 Å². The molecule has 2 N–H and O–H groups in total. The topological polar surface area (TPSA) is 94.2 Å². The van der Waals surface area contributed by atoms with Crippen molar-refractivity contribution in [3.8, 4) is 11.3 Å². The zero-order valence-corrected chi connectivity index (χ0v) is 20.8. The molecule has 3 aromatic rings. The van der Waals surface area contributed by atoms with E-state index in [9.17, 15) is 9.59 Å². The van der Waals surface area contributed by atoms with Crippen molar-refractivity contribution in [3.63, 3.8) is 0 Å². The second-order valence-corrected chi connectivity index (χ2v) is 10.1. The van der Waals surface area contributed by atoms with Gasteiger partial charge in [-0.1, -0.05) is 25.3 Å². The van der Waals surface area contributed by atoms with Gasteiger partial charge in [0.2, 0.25) is 11.8 Å². The minimum absolute atomic E-state index is 0.0935. The van der Waals surface area contributed by atoms with E-state index in [0.717, 1.165) is 66.9 Å². The molecule has 1 aliphatic carbocycles. The van der Waals surface area contributed by atoms with Crippen LogP contribution in [-0.4, -0.2) is 56.8 Å². The quantitative estimate of drug-likeness (QED) is 0.577. The Morgan fingerprint density at radius 2 is 1.83 bits per heavy atom. The van der Waals surface area contributed by atoms with Gasteiger partial charge in [0.05, 0.1) is 17.6 Å². The minimum Gasteiger partial charge on any atom is -0.352 e.